The highest BCUT2D eigenvalue weighted by Crippen LogP contribution is 2.23. The van der Waals surface area contributed by atoms with E-state index < -0.39 is 11.6 Å². The van der Waals surface area contributed by atoms with Gasteiger partial charge in [-0.15, -0.1) is 0 Å². The van der Waals surface area contributed by atoms with Crippen molar-refractivity contribution in [2.45, 2.75) is 38.3 Å². The van der Waals surface area contributed by atoms with E-state index in [-0.39, 0.29) is 17.6 Å². The molecule has 1 aliphatic rings. The average molecular weight is 264 g/mol. The molecule has 102 valence electrons. The molecule has 0 bridgehead atoms. The maximum absolute atomic E-state index is 13.8. The van der Waals surface area contributed by atoms with Gasteiger partial charge in [0.15, 0.2) is 0 Å². The van der Waals surface area contributed by atoms with E-state index in [0.717, 1.165) is 0 Å². The smallest absolute Gasteiger partial charge is 0.243 e. The van der Waals surface area contributed by atoms with Crippen LogP contribution in [-0.2, 0) is 15.1 Å². The Hall–Kier alpha value is -1.91. The molecule has 19 heavy (non-hydrogen) atoms. The van der Waals surface area contributed by atoms with Gasteiger partial charge < -0.3 is 10.6 Å². The molecule has 0 aromatic heterocycles. The van der Waals surface area contributed by atoms with E-state index in [1.165, 1.54) is 6.07 Å². The number of amides is 2. The number of hydrogen-bond acceptors (Lipinski definition) is 2. The van der Waals surface area contributed by atoms with Crippen LogP contribution in [0.2, 0.25) is 0 Å². The molecule has 1 heterocycles. The maximum Gasteiger partial charge on any atom is 0.243 e. The van der Waals surface area contributed by atoms with Crippen LogP contribution < -0.4 is 10.6 Å². The second-order valence-corrected chi connectivity index (χ2v) is 5.25. The number of carbonyl (C=O) groups excluding carboxylic acids is 2. The Kier molecular flexibility index (Phi) is 3.55. The third-order valence-corrected chi connectivity index (χ3v) is 3.29. The Morgan fingerprint density at radius 2 is 2.11 bits per heavy atom. The topological polar surface area (TPSA) is 58.2 Å². The lowest BCUT2D eigenvalue weighted by atomic mass is 9.93. The zero-order valence-corrected chi connectivity index (χ0v) is 11.0. The molecule has 1 unspecified atom stereocenters. The quantitative estimate of drug-likeness (QED) is 0.868. The summed E-state index contributed by atoms with van der Waals surface area (Å²) < 4.78 is 13.8. The summed E-state index contributed by atoms with van der Waals surface area (Å²) in [4.78, 5) is 23.1. The summed E-state index contributed by atoms with van der Waals surface area (Å²) in [6.45, 7) is 3.47. The van der Waals surface area contributed by atoms with Crippen LogP contribution in [0.4, 0.5) is 4.39 Å². The van der Waals surface area contributed by atoms with E-state index in [2.05, 4.69) is 10.6 Å². The Bertz CT molecular complexity index is 514. The minimum absolute atomic E-state index is 0.121. The predicted octanol–water partition coefficient (Wildman–Crippen LogP) is 1.46. The van der Waals surface area contributed by atoms with Crippen molar-refractivity contribution in [3.8, 4) is 0 Å². The first-order valence-electron chi connectivity index (χ1n) is 6.26. The molecule has 5 heteroatoms. The second kappa shape index (κ2) is 4.99. The van der Waals surface area contributed by atoms with Crippen LogP contribution in [0, 0.1) is 5.82 Å². The van der Waals surface area contributed by atoms with Gasteiger partial charge in [0.1, 0.15) is 11.9 Å². The molecule has 1 aliphatic heterocycles. The third kappa shape index (κ3) is 2.92. The molecule has 0 aliphatic carbocycles. The van der Waals surface area contributed by atoms with Crippen molar-refractivity contribution in [2.75, 3.05) is 0 Å². The van der Waals surface area contributed by atoms with Crippen LogP contribution in [0.3, 0.4) is 0 Å². The van der Waals surface area contributed by atoms with E-state index in [1.54, 1.807) is 32.0 Å². The Morgan fingerprint density at radius 3 is 2.68 bits per heavy atom. The first-order valence-corrected chi connectivity index (χ1v) is 6.26. The zero-order valence-electron chi connectivity index (χ0n) is 11.0. The fourth-order valence-electron chi connectivity index (χ4n) is 2.24. The van der Waals surface area contributed by atoms with Crippen LogP contribution in [0.25, 0.3) is 0 Å². The molecule has 2 amide bonds. The highest BCUT2D eigenvalue weighted by Gasteiger charge is 2.32. The molecule has 0 spiro atoms. The highest BCUT2D eigenvalue weighted by atomic mass is 19.1. The van der Waals surface area contributed by atoms with Crippen molar-refractivity contribution in [3.63, 3.8) is 0 Å². The number of hydrogen-bond donors (Lipinski definition) is 2. The molecule has 0 saturated carbocycles. The number of carbonyl (C=O) groups is 2. The van der Waals surface area contributed by atoms with Crippen LogP contribution in [-0.4, -0.2) is 17.9 Å². The summed E-state index contributed by atoms with van der Waals surface area (Å²) in [6.07, 6.45) is 0.843. The molecule has 4 nitrogen and oxygen atoms in total. The fourth-order valence-corrected chi connectivity index (χ4v) is 2.24. The minimum Gasteiger partial charge on any atom is -0.345 e. The van der Waals surface area contributed by atoms with Gasteiger partial charge in [-0.05, 0) is 26.3 Å². The molecule has 1 saturated heterocycles. The van der Waals surface area contributed by atoms with Crippen LogP contribution in [0.15, 0.2) is 24.3 Å². The van der Waals surface area contributed by atoms with E-state index in [4.69, 9.17) is 0 Å². The first kappa shape index (κ1) is 13.5. The molecule has 0 radical (unpaired) electrons. The molecule has 2 rings (SSSR count). The highest BCUT2D eigenvalue weighted by molar-refractivity contribution is 5.91. The Balaban J connectivity index is 2.11. The van der Waals surface area contributed by atoms with Gasteiger partial charge in [0.05, 0.1) is 5.54 Å². The van der Waals surface area contributed by atoms with Crippen molar-refractivity contribution in [1.82, 2.24) is 10.6 Å². The van der Waals surface area contributed by atoms with Gasteiger partial charge in [0.25, 0.3) is 0 Å². The molecule has 2 N–H and O–H groups in total. The number of benzene rings is 1. The van der Waals surface area contributed by atoms with E-state index in [0.29, 0.717) is 18.4 Å². The number of nitrogens with one attached hydrogen (secondary N) is 2. The molecule has 1 aromatic carbocycles. The SMILES string of the molecule is CC(C)(NC(=O)C1CCC(=O)N1)c1ccccc1F. The van der Waals surface area contributed by atoms with Gasteiger partial charge in [0, 0.05) is 12.0 Å². The summed E-state index contributed by atoms with van der Waals surface area (Å²) in [5, 5.41) is 5.38. The van der Waals surface area contributed by atoms with Gasteiger partial charge >= 0.3 is 0 Å². The first-order chi connectivity index (χ1) is 8.90. The predicted molar refractivity (Wildman–Crippen MR) is 68.7 cm³/mol. The standard InChI is InChI=1S/C14H17FN2O2/c1-14(2,9-5-3-4-6-10(9)15)17-13(19)11-7-8-12(18)16-11/h3-6,11H,7-8H2,1-2H3,(H,16,18)(H,17,19). The normalized spacial score (nSPS) is 19.1. The van der Waals surface area contributed by atoms with Gasteiger partial charge in [-0.25, -0.2) is 4.39 Å². The van der Waals surface area contributed by atoms with Crippen molar-refractivity contribution >= 4 is 11.8 Å². The van der Waals surface area contributed by atoms with E-state index >= 15 is 0 Å². The van der Waals surface area contributed by atoms with Crippen LogP contribution in [0.5, 0.6) is 0 Å². The lowest BCUT2D eigenvalue weighted by Crippen LogP contribution is -2.49. The van der Waals surface area contributed by atoms with Crippen molar-refractivity contribution < 1.29 is 14.0 Å². The Labute approximate surface area is 111 Å². The molecular formula is C14H17FN2O2. The van der Waals surface area contributed by atoms with Gasteiger partial charge in [-0.2, -0.15) is 0 Å². The van der Waals surface area contributed by atoms with Crippen molar-refractivity contribution in [1.29, 1.82) is 0 Å². The van der Waals surface area contributed by atoms with E-state index in [9.17, 15) is 14.0 Å². The van der Waals surface area contributed by atoms with Crippen LogP contribution in [0.1, 0.15) is 32.3 Å². The largest absolute Gasteiger partial charge is 0.345 e. The van der Waals surface area contributed by atoms with Gasteiger partial charge in [-0.1, -0.05) is 18.2 Å². The van der Waals surface area contributed by atoms with Gasteiger partial charge in [-0.3, -0.25) is 9.59 Å². The zero-order chi connectivity index (χ0) is 14.0. The molecule has 1 aromatic rings. The summed E-state index contributed by atoms with van der Waals surface area (Å²) in [5.74, 6) is -0.758. The van der Waals surface area contributed by atoms with Crippen molar-refractivity contribution in [3.05, 3.63) is 35.6 Å². The average Bonchev–Trinajstić information content (AvgIpc) is 2.76. The second-order valence-electron chi connectivity index (χ2n) is 5.25. The molecule has 1 atom stereocenters. The lowest BCUT2D eigenvalue weighted by Gasteiger charge is -2.28. The lowest BCUT2D eigenvalue weighted by molar-refractivity contribution is -0.127. The number of rotatable bonds is 3. The van der Waals surface area contributed by atoms with Gasteiger partial charge in [0.2, 0.25) is 11.8 Å². The van der Waals surface area contributed by atoms with Crippen LogP contribution >= 0.6 is 0 Å². The monoisotopic (exact) mass is 264 g/mol. The third-order valence-electron chi connectivity index (χ3n) is 3.29. The molecule has 1 fully saturated rings. The minimum atomic E-state index is -0.824. The number of halogens is 1. The summed E-state index contributed by atoms with van der Waals surface area (Å²) in [6, 6.07) is 5.82. The fraction of sp³-hybridized carbons (Fsp3) is 0.429. The maximum atomic E-state index is 13.8. The van der Waals surface area contributed by atoms with E-state index in [1.807, 2.05) is 0 Å². The summed E-state index contributed by atoms with van der Waals surface area (Å²) in [5.41, 5.74) is -0.400. The summed E-state index contributed by atoms with van der Waals surface area (Å²) >= 11 is 0. The Morgan fingerprint density at radius 1 is 1.42 bits per heavy atom. The molecular weight excluding hydrogens is 247 g/mol. The van der Waals surface area contributed by atoms with Crippen molar-refractivity contribution in [2.24, 2.45) is 0 Å². The summed E-state index contributed by atoms with van der Waals surface area (Å²) in [7, 11) is 0.